The van der Waals surface area contributed by atoms with Crippen LogP contribution in [0.15, 0.2) is 46.5 Å². The minimum Gasteiger partial charge on any atom is -0.495 e. The van der Waals surface area contributed by atoms with Crippen LogP contribution in [0.4, 0.5) is 8.78 Å². The molecule has 0 bridgehead atoms. The molecule has 0 spiro atoms. The third kappa shape index (κ3) is 10.1. The van der Waals surface area contributed by atoms with Crippen LogP contribution in [0.3, 0.4) is 0 Å². The van der Waals surface area contributed by atoms with Gasteiger partial charge in [0.15, 0.2) is 0 Å². The van der Waals surface area contributed by atoms with Crippen molar-refractivity contribution in [1.82, 2.24) is 21.0 Å². The van der Waals surface area contributed by atoms with Crippen LogP contribution in [0.5, 0.6) is 0 Å². The standard InChI is InChI=1S/C28H35F2N5O3S.C2H6.CH4/c1-35-16-23(28(36)33-17-39-26(34-31)8-6-18-3-4-18)21(13-20(35)7-5-19-9-11-38-12-10-19)22-14-24(27(29)30)32-15-25(22)37-2;1-2;/h13-15,18-19,24,26-27,32,34H,3-4,9-12,16-17,31H2,1-2H3,(H,33,36);1-2H3;1H4. The van der Waals surface area contributed by atoms with E-state index in [1.54, 1.807) is 6.08 Å². The van der Waals surface area contributed by atoms with E-state index in [-0.39, 0.29) is 37.0 Å². The van der Waals surface area contributed by atoms with E-state index in [9.17, 15) is 13.6 Å². The van der Waals surface area contributed by atoms with Gasteiger partial charge >= 0.3 is 0 Å². The first-order valence-electron chi connectivity index (χ1n) is 14.0. The van der Waals surface area contributed by atoms with Gasteiger partial charge in [0, 0.05) is 56.0 Å². The number of rotatable bonds is 8. The summed E-state index contributed by atoms with van der Waals surface area (Å²) >= 11 is 1.37. The van der Waals surface area contributed by atoms with E-state index in [2.05, 4.69) is 39.7 Å². The van der Waals surface area contributed by atoms with Gasteiger partial charge in [-0.05, 0) is 49.3 Å². The molecule has 0 radical (unpaired) electrons. The molecule has 2 fully saturated rings. The number of methoxy groups -OCH3 is 1. The zero-order valence-corrected chi connectivity index (χ0v) is 25.0. The monoisotopic (exact) mass is 605 g/mol. The number of nitrogens with zero attached hydrogens (tertiary/aromatic N) is 1. The third-order valence-electron chi connectivity index (χ3n) is 6.74. The molecule has 1 amide bonds. The topological polar surface area (TPSA) is 101 Å². The Hall–Kier alpha value is -2.96. The summed E-state index contributed by atoms with van der Waals surface area (Å²) in [5.41, 5.74) is 4.72. The van der Waals surface area contributed by atoms with Crippen molar-refractivity contribution in [3.63, 3.8) is 0 Å². The number of nitrogens with one attached hydrogen (secondary N) is 3. The van der Waals surface area contributed by atoms with Crippen molar-refractivity contribution < 1.29 is 23.0 Å². The summed E-state index contributed by atoms with van der Waals surface area (Å²) in [6.45, 7) is 5.62. The molecule has 4 aliphatic rings. The number of carbonyl (C=O) groups excluding carboxylic acids is 1. The highest BCUT2D eigenvalue weighted by Crippen LogP contribution is 2.32. The number of halogens is 2. The summed E-state index contributed by atoms with van der Waals surface area (Å²) in [5, 5.41) is 5.26. The number of hydrogen-bond donors (Lipinski definition) is 4. The van der Waals surface area contributed by atoms with E-state index in [4.69, 9.17) is 15.3 Å². The Kier molecular flexibility index (Phi) is 15.0. The summed E-state index contributed by atoms with van der Waals surface area (Å²) in [6, 6.07) is -1.21. The SMILES string of the molecule is C.CC.COC1=CNC(C(F)F)C=C1C1=C(C(=O)NCSC(C#CC2CC2)NN)CN(C)C(C#CC2CCOCC2)=C1. The van der Waals surface area contributed by atoms with Gasteiger partial charge in [-0.15, -0.1) is 11.8 Å². The summed E-state index contributed by atoms with van der Waals surface area (Å²) in [6.07, 6.45) is 5.94. The van der Waals surface area contributed by atoms with Crippen molar-refractivity contribution in [1.29, 1.82) is 0 Å². The van der Waals surface area contributed by atoms with E-state index >= 15 is 0 Å². The number of allylic oxidation sites excluding steroid dienone is 3. The van der Waals surface area contributed by atoms with E-state index in [0.29, 0.717) is 47.3 Å². The first-order valence-corrected chi connectivity index (χ1v) is 15.1. The van der Waals surface area contributed by atoms with Crippen LogP contribution in [0.25, 0.3) is 0 Å². The normalized spacial score (nSPS) is 20.9. The minimum absolute atomic E-state index is 0. The van der Waals surface area contributed by atoms with Gasteiger partial charge in [0.1, 0.15) is 17.2 Å². The number of hydrazine groups is 1. The average Bonchev–Trinajstić information content (AvgIpc) is 3.84. The molecule has 2 unspecified atom stereocenters. The second-order valence-corrected chi connectivity index (χ2v) is 10.8. The number of carbonyl (C=O) groups is 1. The lowest BCUT2D eigenvalue weighted by molar-refractivity contribution is -0.117. The number of hydrogen-bond acceptors (Lipinski definition) is 8. The number of ether oxygens (including phenoxy) is 2. The number of likely N-dealkylation sites (N-methyl/N-ethyl adjacent to an activating group) is 1. The summed E-state index contributed by atoms with van der Waals surface area (Å²) < 4.78 is 38.2. The quantitative estimate of drug-likeness (QED) is 0.143. The predicted octanol–water partition coefficient (Wildman–Crippen LogP) is 3.87. The lowest BCUT2D eigenvalue weighted by Crippen LogP contribution is -2.37. The van der Waals surface area contributed by atoms with E-state index < -0.39 is 12.5 Å². The van der Waals surface area contributed by atoms with Crippen LogP contribution in [0.2, 0.25) is 0 Å². The fourth-order valence-corrected chi connectivity index (χ4v) is 4.90. The molecule has 0 aromatic carbocycles. The molecular weight excluding hydrogens is 560 g/mol. The Balaban J connectivity index is 0.00000201. The first-order chi connectivity index (χ1) is 19.9. The maximum atomic E-state index is 13.6. The van der Waals surface area contributed by atoms with E-state index in [1.807, 2.05) is 25.8 Å². The number of alkyl halides is 2. The van der Waals surface area contributed by atoms with Gasteiger partial charge in [0.25, 0.3) is 6.43 Å². The first kappa shape index (κ1) is 35.2. The van der Waals surface area contributed by atoms with Crippen molar-refractivity contribution in [3.05, 3.63) is 46.5 Å². The maximum Gasteiger partial charge on any atom is 0.261 e. The molecule has 3 aliphatic heterocycles. The van der Waals surface area contributed by atoms with Crippen LogP contribution < -0.4 is 21.9 Å². The number of nitrogens with two attached hydrogens (primary N) is 1. The number of amides is 1. The molecule has 0 aromatic heterocycles. The van der Waals surface area contributed by atoms with Crippen molar-refractivity contribution >= 4 is 17.7 Å². The largest absolute Gasteiger partial charge is 0.495 e. The van der Waals surface area contributed by atoms with Crippen molar-refractivity contribution in [2.24, 2.45) is 17.7 Å². The predicted molar refractivity (Wildman–Crippen MR) is 165 cm³/mol. The Morgan fingerprint density at radius 2 is 1.93 bits per heavy atom. The van der Waals surface area contributed by atoms with E-state index in [1.165, 1.54) is 31.1 Å². The number of dihydropyridines is 1. The second-order valence-electron chi connectivity index (χ2n) is 9.68. The minimum atomic E-state index is -2.63. The average molecular weight is 606 g/mol. The van der Waals surface area contributed by atoms with Gasteiger partial charge in [0.2, 0.25) is 5.91 Å². The molecule has 4 rings (SSSR count). The summed E-state index contributed by atoms with van der Waals surface area (Å²) in [4.78, 5) is 15.3. The second kappa shape index (κ2) is 17.9. The molecular formula is C31H45F2N5O3S. The molecule has 1 saturated heterocycles. The Morgan fingerprint density at radius 3 is 2.55 bits per heavy atom. The van der Waals surface area contributed by atoms with Crippen LogP contribution in [-0.4, -0.2) is 68.4 Å². The van der Waals surface area contributed by atoms with Crippen molar-refractivity contribution in [2.75, 3.05) is 39.8 Å². The zero-order valence-electron chi connectivity index (χ0n) is 24.2. The Bertz CT molecular complexity index is 1170. The smallest absolute Gasteiger partial charge is 0.261 e. The highest BCUT2D eigenvalue weighted by molar-refractivity contribution is 8.00. The fraction of sp³-hybridized carbons (Fsp3) is 0.581. The molecule has 0 aromatic rings. The van der Waals surface area contributed by atoms with Gasteiger partial charge in [-0.3, -0.25) is 10.6 Å². The molecule has 1 aliphatic carbocycles. The molecule has 3 heterocycles. The van der Waals surface area contributed by atoms with Crippen LogP contribution >= 0.6 is 11.8 Å². The van der Waals surface area contributed by atoms with Crippen LogP contribution in [-0.2, 0) is 14.3 Å². The summed E-state index contributed by atoms with van der Waals surface area (Å²) in [7, 11) is 3.32. The van der Waals surface area contributed by atoms with Gasteiger partial charge in [-0.1, -0.05) is 39.0 Å². The lowest BCUT2D eigenvalue weighted by Gasteiger charge is -2.30. The Labute approximate surface area is 253 Å². The van der Waals surface area contributed by atoms with Gasteiger partial charge < -0.3 is 25.0 Å². The summed E-state index contributed by atoms with van der Waals surface area (Å²) in [5.74, 6) is 19.4. The number of thioether (sulfide) groups is 1. The van der Waals surface area contributed by atoms with Crippen molar-refractivity contribution in [2.45, 2.75) is 64.8 Å². The molecule has 42 heavy (non-hydrogen) atoms. The van der Waals surface area contributed by atoms with Crippen LogP contribution in [0, 0.1) is 35.5 Å². The van der Waals surface area contributed by atoms with Crippen LogP contribution in [0.1, 0.15) is 47.0 Å². The zero-order chi connectivity index (χ0) is 29.8. The lowest BCUT2D eigenvalue weighted by atomic mass is 9.90. The maximum absolute atomic E-state index is 13.6. The molecule has 232 valence electrons. The Morgan fingerprint density at radius 1 is 1.24 bits per heavy atom. The van der Waals surface area contributed by atoms with Gasteiger partial charge in [-0.2, -0.15) is 0 Å². The van der Waals surface area contributed by atoms with Gasteiger partial charge in [0.05, 0.1) is 18.7 Å². The molecule has 11 heteroatoms. The highest BCUT2D eigenvalue weighted by atomic mass is 32.2. The molecule has 5 N–H and O–H groups in total. The van der Waals surface area contributed by atoms with Crippen molar-refractivity contribution in [3.8, 4) is 23.7 Å². The van der Waals surface area contributed by atoms with Gasteiger partial charge in [-0.25, -0.2) is 14.2 Å². The molecule has 1 saturated carbocycles. The highest BCUT2D eigenvalue weighted by Gasteiger charge is 2.30. The molecule has 8 nitrogen and oxygen atoms in total. The van der Waals surface area contributed by atoms with E-state index in [0.717, 1.165) is 25.7 Å². The third-order valence-corrected chi connectivity index (χ3v) is 7.64. The molecule has 2 atom stereocenters. The fourth-order valence-electron chi connectivity index (χ4n) is 4.27.